The highest BCUT2D eigenvalue weighted by Crippen LogP contribution is 2.13. The van der Waals surface area contributed by atoms with Gasteiger partial charge in [0.05, 0.1) is 12.7 Å². The Hall–Kier alpha value is -0.120. The molecule has 0 aromatic carbocycles. The molecule has 15 heavy (non-hydrogen) atoms. The van der Waals surface area contributed by atoms with Crippen LogP contribution in [0.4, 0.5) is 0 Å². The molecule has 0 aliphatic carbocycles. The highest BCUT2D eigenvalue weighted by atomic mass is 16.5. The van der Waals surface area contributed by atoms with Crippen LogP contribution in [0.15, 0.2) is 0 Å². The van der Waals surface area contributed by atoms with Crippen molar-refractivity contribution in [3.8, 4) is 0 Å². The van der Waals surface area contributed by atoms with Gasteiger partial charge >= 0.3 is 0 Å². The first kappa shape index (κ1) is 12.9. The fraction of sp³-hybridized carbons (Fsp3) is 1.00. The van der Waals surface area contributed by atoms with E-state index in [0.29, 0.717) is 18.2 Å². The third-order valence-electron chi connectivity index (χ3n) is 3.16. The normalized spacial score (nSPS) is 24.8. The van der Waals surface area contributed by atoms with E-state index < -0.39 is 0 Å². The first-order chi connectivity index (χ1) is 7.16. The maximum atomic E-state index is 5.81. The molecule has 0 aromatic heterocycles. The van der Waals surface area contributed by atoms with Crippen LogP contribution in [0.3, 0.4) is 0 Å². The van der Waals surface area contributed by atoms with Gasteiger partial charge in [0, 0.05) is 25.2 Å². The van der Waals surface area contributed by atoms with Crippen LogP contribution >= 0.6 is 0 Å². The Morgan fingerprint density at radius 3 is 2.60 bits per heavy atom. The third-order valence-corrected chi connectivity index (χ3v) is 3.16. The Balaban J connectivity index is 2.49. The summed E-state index contributed by atoms with van der Waals surface area (Å²) >= 11 is 0. The van der Waals surface area contributed by atoms with Crippen LogP contribution in [-0.2, 0) is 4.74 Å². The zero-order valence-electron chi connectivity index (χ0n) is 10.6. The molecule has 2 atom stereocenters. The van der Waals surface area contributed by atoms with Gasteiger partial charge in [-0.3, -0.25) is 4.90 Å². The van der Waals surface area contributed by atoms with E-state index in [1.54, 1.807) is 0 Å². The van der Waals surface area contributed by atoms with Gasteiger partial charge in [-0.15, -0.1) is 0 Å². The Morgan fingerprint density at radius 2 is 2.13 bits per heavy atom. The third kappa shape index (κ3) is 3.74. The molecule has 1 fully saturated rings. The molecule has 0 aromatic rings. The molecule has 0 amide bonds. The van der Waals surface area contributed by atoms with Gasteiger partial charge < -0.3 is 10.1 Å². The van der Waals surface area contributed by atoms with E-state index in [2.05, 4.69) is 37.9 Å². The molecule has 0 spiro atoms. The first-order valence-electron chi connectivity index (χ1n) is 6.24. The van der Waals surface area contributed by atoms with Crippen molar-refractivity contribution in [2.24, 2.45) is 0 Å². The van der Waals surface area contributed by atoms with Gasteiger partial charge in [0.1, 0.15) is 0 Å². The highest BCUT2D eigenvalue weighted by Gasteiger charge is 2.26. The largest absolute Gasteiger partial charge is 0.374 e. The summed E-state index contributed by atoms with van der Waals surface area (Å²) in [5.41, 5.74) is 0. The molecule has 3 heteroatoms. The maximum Gasteiger partial charge on any atom is 0.0852 e. The summed E-state index contributed by atoms with van der Waals surface area (Å²) in [6.07, 6.45) is 1.57. The Kier molecular flexibility index (Phi) is 5.58. The van der Waals surface area contributed by atoms with Crippen molar-refractivity contribution in [1.29, 1.82) is 0 Å². The van der Waals surface area contributed by atoms with Crippen LogP contribution in [0.1, 0.15) is 34.1 Å². The SMILES string of the molecule is CCCN(C(C)C)C(C)C1CNCCO1. The zero-order valence-corrected chi connectivity index (χ0v) is 10.6. The molecule has 90 valence electrons. The lowest BCUT2D eigenvalue weighted by Crippen LogP contribution is -2.53. The van der Waals surface area contributed by atoms with Crippen molar-refractivity contribution in [3.63, 3.8) is 0 Å². The number of nitrogens with one attached hydrogen (secondary N) is 1. The second-order valence-electron chi connectivity index (χ2n) is 4.69. The van der Waals surface area contributed by atoms with E-state index in [4.69, 9.17) is 4.74 Å². The first-order valence-corrected chi connectivity index (χ1v) is 6.24. The van der Waals surface area contributed by atoms with Gasteiger partial charge in [-0.1, -0.05) is 6.92 Å². The number of morpholine rings is 1. The molecular weight excluding hydrogens is 188 g/mol. The van der Waals surface area contributed by atoms with Crippen molar-refractivity contribution in [3.05, 3.63) is 0 Å². The molecule has 1 N–H and O–H groups in total. The molecule has 1 heterocycles. The number of nitrogens with zero attached hydrogens (tertiary/aromatic N) is 1. The summed E-state index contributed by atoms with van der Waals surface area (Å²) in [7, 11) is 0. The number of rotatable bonds is 5. The second-order valence-corrected chi connectivity index (χ2v) is 4.69. The van der Waals surface area contributed by atoms with E-state index in [1.165, 1.54) is 13.0 Å². The smallest absolute Gasteiger partial charge is 0.0852 e. The molecule has 2 unspecified atom stereocenters. The number of hydrogen-bond donors (Lipinski definition) is 1. The lowest BCUT2D eigenvalue weighted by molar-refractivity contribution is -0.0338. The molecule has 1 aliphatic rings. The maximum absolute atomic E-state index is 5.81. The summed E-state index contributed by atoms with van der Waals surface area (Å²) in [4.78, 5) is 2.54. The number of ether oxygens (including phenoxy) is 1. The summed E-state index contributed by atoms with van der Waals surface area (Å²) < 4.78 is 5.81. The Bertz CT molecular complexity index is 167. The monoisotopic (exact) mass is 214 g/mol. The minimum absolute atomic E-state index is 0.354. The average Bonchev–Trinajstić information content (AvgIpc) is 2.26. The van der Waals surface area contributed by atoms with Crippen LogP contribution in [0, 0.1) is 0 Å². The molecular formula is C12H26N2O. The van der Waals surface area contributed by atoms with Crippen molar-refractivity contribution in [1.82, 2.24) is 10.2 Å². The summed E-state index contributed by atoms with van der Waals surface area (Å²) in [5.74, 6) is 0. The molecule has 0 saturated carbocycles. The van der Waals surface area contributed by atoms with E-state index in [1.807, 2.05) is 0 Å². The van der Waals surface area contributed by atoms with Gasteiger partial charge in [0.2, 0.25) is 0 Å². The van der Waals surface area contributed by atoms with E-state index in [9.17, 15) is 0 Å². The van der Waals surface area contributed by atoms with Gasteiger partial charge in [0.25, 0.3) is 0 Å². The van der Waals surface area contributed by atoms with E-state index in [-0.39, 0.29) is 0 Å². The van der Waals surface area contributed by atoms with Gasteiger partial charge in [0.15, 0.2) is 0 Å². The van der Waals surface area contributed by atoms with Crippen molar-refractivity contribution in [2.75, 3.05) is 26.2 Å². The second kappa shape index (κ2) is 6.46. The molecule has 1 rings (SSSR count). The lowest BCUT2D eigenvalue weighted by Gasteiger charge is -2.38. The highest BCUT2D eigenvalue weighted by molar-refractivity contribution is 4.82. The standard InChI is InChI=1S/C12H26N2O/c1-5-7-14(10(2)3)11(4)12-9-13-6-8-15-12/h10-13H,5-9H2,1-4H3. The lowest BCUT2D eigenvalue weighted by atomic mass is 10.1. The topological polar surface area (TPSA) is 24.5 Å². The van der Waals surface area contributed by atoms with E-state index in [0.717, 1.165) is 19.7 Å². The fourth-order valence-corrected chi connectivity index (χ4v) is 2.30. The van der Waals surface area contributed by atoms with Crippen LogP contribution in [0.2, 0.25) is 0 Å². The van der Waals surface area contributed by atoms with E-state index >= 15 is 0 Å². The minimum atomic E-state index is 0.354. The van der Waals surface area contributed by atoms with Crippen molar-refractivity contribution >= 4 is 0 Å². The molecule has 1 saturated heterocycles. The average molecular weight is 214 g/mol. The van der Waals surface area contributed by atoms with Crippen LogP contribution in [0.25, 0.3) is 0 Å². The summed E-state index contributed by atoms with van der Waals surface area (Å²) in [5, 5.41) is 3.40. The van der Waals surface area contributed by atoms with Crippen molar-refractivity contribution < 1.29 is 4.74 Å². The summed E-state index contributed by atoms with van der Waals surface area (Å²) in [6, 6.07) is 1.11. The molecule has 0 radical (unpaired) electrons. The summed E-state index contributed by atoms with van der Waals surface area (Å²) in [6.45, 7) is 13.1. The number of hydrogen-bond acceptors (Lipinski definition) is 3. The zero-order chi connectivity index (χ0) is 11.3. The molecule has 3 nitrogen and oxygen atoms in total. The predicted molar refractivity (Wildman–Crippen MR) is 64.2 cm³/mol. The predicted octanol–water partition coefficient (Wildman–Crippen LogP) is 1.48. The van der Waals surface area contributed by atoms with Crippen LogP contribution in [0.5, 0.6) is 0 Å². The Labute approximate surface area is 94.2 Å². The minimum Gasteiger partial charge on any atom is -0.374 e. The molecule has 1 aliphatic heterocycles. The fourth-order valence-electron chi connectivity index (χ4n) is 2.30. The molecule has 0 bridgehead atoms. The van der Waals surface area contributed by atoms with Gasteiger partial charge in [-0.2, -0.15) is 0 Å². The van der Waals surface area contributed by atoms with Crippen LogP contribution < -0.4 is 5.32 Å². The van der Waals surface area contributed by atoms with Gasteiger partial charge in [-0.05, 0) is 33.7 Å². The van der Waals surface area contributed by atoms with Crippen molar-refractivity contribution in [2.45, 2.75) is 52.3 Å². The Morgan fingerprint density at radius 1 is 1.40 bits per heavy atom. The quantitative estimate of drug-likeness (QED) is 0.750. The van der Waals surface area contributed by atoms with Gasteiger partial charge in [-0.25, -0.2) is 0 Å². The van der Waals surface area contributed by atoms with Crippen LogP contribution in [-0.4, -0.2) is 49.3 Å².